The van der Waals surface area contributed by atoms with E-state index in [4.69, 9.17) is 4.74 Å². The smallest absolute Gasteiger partial charge is 0.356 e. The highest BCUT2D eigenvalue weighted by atomic mass is 32.2. The van der Waals surface area contributed by atoms with Crippen LogP contribution < -0.4 is 10.1 Å². The number of benzene rings is 1. The van der Waals surface area contributed by atoms with Crippen molar-refractivity contribution in [1.29, 1.82) is 0 Å². The van der Waals surface area contributed by atoms with Crippen LogP contribution in [0.3, 0.4) is 0 Å². The Morgan fingerprint density at radius 3 is 2.48 bits per heavy atom. The van der Waals surface area contributed by atoms with Crippen molar-refractivity contribution in [2.45, 2.75) is 18.7 Å². The van der Waals surface area contributed by atoms with Crippen LogP contribution in [0.4, 0.5) is 10.5 Å². The van der Waals surface area contributed by atoms with E-state index >= 15 is 0 Å². The lowest BCUT2D eigenvalue weighted by atomic mass is 10.3. The molecule has 0 fully saturated rings. The van der Waals surface area contributed by atoms with Gasteiger partial charge in [-0.1, -0.05) is 13.8 Å². The molecule has 0 radical (unpaired) electrons. The van der Waals surface area contributed by atoms with Gasteiger partial charge in [-0.3, -0.25) is 0 Å². The molecule has 2 amide bonds. The Balaban J connectivity index is 3.40. The monoisotopic (exact) mass is 331 g/mol. The van der Waals surface area contributed by atoms with Gasteiger partial charge in [-0.2, -0.15) is 4.31 Å². The lowest BCUT2D eigenvalue weighted by Gasteiger charge is -2.20. The van der Waals surface area contributed by atoms with Crippen LogP contribution in [0, 0.1) is 0 Å². The van der Waals surface area contributed by atoms with Gasteiger partial charge in [-0.25, -0.2) is 13.2 Å². The molecule has 9 heteroatoms. The summed E-state index contributed by atoms with van der Waals surface area (Å²) < 4.78 is 34.5. The van der Waals surface area contributed by atoms with Crippen LogP contribution >= 0.6 is 0 Å². The van der Waals surface area contributed by atoms with Gasteiger partial charge in [0.1, 0.15) is 10.6 Å². The van der Waals surface area contributed by atoms with Gasteiger partial charge in [-0.05, 0) is 12.1 Å². The molecule has 0 saturated carbocycles. The van der Waals surface area contributed by atoms with Crippen LogP contribution in [-0.2, 0) is 22.4 Å². The number of nitrogens with one attached hydrogen (secondary N) is 1. The first-order valence-corrected chi connectivity index (χ1v) is 8.03. The van der Waals surface area contributed by atoms with E-state index in [1.165, 1.54) is 29.6 Å². The first kappa shape index (κ1) is 17.5. The minimum absolute atomic E-state index is 0.0287. The molecular formula is C12H17N3O4S2. The Morgan fingerprint density at radius 1 is 1.38 bits per heavy atom. The van der Waals surface area contributed by atoms with E-state index < -0.39 is 16.1 Å². The Labute approximate surface area is 129 Å². The Kier molecular flexibility index (Phi) is 6.19. The molecule has 0 saturated heterocycles. The summed E-state index contributed by atoms with van der Waals surface area (Å²) in [5.41, 5.74) is 0.0832. The van der Waals surface area contributed by atoms with E-state index in [0.717, 1.165) is 0 Å². The average Bonchev–Trinajstić information content (AvgIpc) is 2.47. The molecule has 116 valence electrons. The molecule has 0 aromatic heterocycles. The third kappa shape index (κ3) is 3.96. The van der Waals surface area contributed by atoms with Gasteiger partial charge in [0.2, 0.25) is 10.0 Å². The van der Waals surface area contributed by atoms with Gasteiger partial charge in [0.05, 0.1) is 12.8 Å². The summed E-state index contributed by atoms with van der Waals surface area (Å²) in [6, 6.07) is 3.49. The molecule has 0 spiro atoms. The highest BCUT2D eigenvalue weighted by Crippen LogP contribution is 2.29. The van der Waals surface area contributed by atoms with E-state index in [0.29, 0.717) is 18.8 Å². The fourth-order valence-electron chi connectivity index (χ4n) is 1.80. The molecule has 0 heterocycles. The van der Waals surface area contributed by atoms with Crippen molar-refractivity contribution in [3.63, 3.8) is 0 Å². The number of carbonyl (C=O) groups is 1. The quantitative estimate of drug-likeness (QED) is 0.861. The molecule has 7 nitrogen and oxygen atoms in total. The topological polar surface area (TPSA) is 88.1 Å². The van der Waals surface area contributed by atoms with Crippen molar-refractivity contribution in [3.05, 3.63) is 18.2 Å². The van der Waals surface area contributed by atoms with Gasteiger partial charge in [0, 0.05) is 31.6 Å². The van der Waals surface area contributed by atoms with Crippen LogP contribution in [0.25, 0.3) is 0 Å². The zero-order chi connectivity index (χ0) is 16.0. The maximum Gasteiger partial charge on any atom is 0.356 e. The van der Waals surface area contributed by atoms with Crippen molar-refractivity contribution < 1.29 is 17.9 Å². The van der Waals surface area contributed by atoms with Crippen molar-refractivity contribution in [1.82, 2.24) is 4.31 Å². The number of rotatable bonds is 6. The number of sulfonamides is 1. The van der Waals surface area contributed by atoms with Gasteiger partial charge < -0.3 is 10.1 Å². The first-order chi connectivity index (χ1) is 9.90. The molecule has 0 atom stereocenters. The average molecular weight is 331 g/mol. The number of amides is 2. The SMILES string of the molecule is CCN(CC)S(=O)(=O)c1ccc(OC)cc1NC(=O)N=S. The van der Waals surface area contributed by atoms with Crippen molar-refractivity contribution in [3.8, 4) is 5.75 Å². The zero-order valence-corrected chi connectivity index (χ0v) is 13.6. The van der Waals surface area contributed by atoms with E-state index in [2.05, 4.69) is 22.1 Å². The summed E-state index contributed by atoms with van der Waals surface area (Å²) in [4.78, 5) is 11.3. The standard InChI is InChI=1S/C12H17N3O4S2/c1-4-15(5-2)21(17,18)11-7-6-9(19-3)8-10(11)13-12(16)14-20/h6-8H,4-5H2,1-3H3,(H,13,16). The number of hydrogen-bond donors (Lipinski definition) is 1. The fraction of sp³-hybridized carbons (Fsp3) is 0.417. The molecule has 1 rings (SSSR count). The second-order valence-electron chi connectivity index (χ2n) is 3.97. The van der Waals surface area contributed by atoms with E-state index in [1.54, 1.807) is 13.8 Å². The number of hydrogen-bond acceptors (Lipinski definition) is 5. The third-order valence-electron chi connectivity index (χ3n) is 2.83. The van der Waals surface area contributed by atoms with E-state index in [-0.39, 0.29) is 10.6 Å². The highest BCUT2D eigenvalue weighted by Gasteiger charge is 2.25. The first-order valence-electron chi connectivity index (χ1n) is 6.23. The molecule has 1 aromatic rings. The molecule has 0 bridgehead atoms. The summed E-state index contributed by atoms with van der Waals surface area (Å²) in [7, 11) is -2.28. The third-order valence-corrected chi connectivity index (χ3v) is 5.11. The molecule has 1 aromatic carbocycles. The summed E-state index contributed by atoms with van der Waals surface area (Å²) >= 11 is 4.29. The zero-order valence-electron chi connectivity index (χ0n) is 12.0. The number of ether oxygens (including phenoxy) is 1. The number of nitrogens with zero attached hydrogens (tertiary/aromatic N) is 2. The van der Waals surface area contributed by atoms with Crippen molar-refractivity contribution in [2.24, 2.45) is 4.36 Å². The molecule has 0 aliphatic heterocycles. The number of methoxy groups -OCH3 is 1. The predicted octanol–water partition coefficient (Wildman–Crippen LogP) is 1.99. The normalized spacial score (nSPS) is 11.2. The van der Waals surface area contributed by atoms with Crippen LogP contribution in [0.2, 0.25) is 0 Å². The Hall–Kier alpha value is -1.58. The van der Waals surface area contributed by atoms with E-state index in [9.17, 15) is 13.2 Å². The summed E-state index contributed by atoms with van der Waals surface area (Å²) in [6.45, 7) is 4.12. The highest BCUT2D eigenvalue weighted by molar-refractivity contribution is 7.89. The summed E-state index contributed by atoms with van der Waals surface area (Å²) in [6.07, 6.45) is 0. The van der Waals surface area contributed by atoms with Crippen LogP contribution in [0.1, 0.15) is 13.8 Å². The summed E-state index contributed by atoms with van der Waals surface area (Å²) in [5, 5.41) is 2.35. The number of carbonyl (C=O) groups excluding carboxylic acids is 1. The number of anilines is 1. The second-order valence-corrected chi connectivity index (χ2v) is 6.06. The second kappa shape index (κ2) is 7.43. The fourth-order valence-corrected chi connectivity index (χ4v) is 3.43. The van der Waals surface area contributed by atoms with Crippen LogP contribution in [0.5, 0.6) is 5.75 Å². The lowest BCUT2D eigenvalue weighted by Crippen LogP contribution is -2.31. The van der Waals surface area contributed by atoms with Crippen LogP contribution in [-0.4, -0.2) is 39.0 Å². The molecule has 0 aliphatic carbocycles. The minimum Gasteiger partial charge on any atom is -0.497 e. The van der Waals surface area contributed by atoms with Gasteiger partial charge >= 0.3 is 6.03 Å². The Morgan fingerprint density at radius 2 is 2.00 bits per heavy atom. The molecule has 0 aliphatic rings. The van der Waals surface area contributed by atoms with Gasteiger partial charge in [0.25, 0.3) is 0 Å². The molecule has 1 N–H and O–H groups in total. The molecule has 0 unspecified atom stereocenters. The number of urea groups is 1. The van der Waals surface area contributed by atoms with Gasteiger partial charge in [0.15, 0.2) is 0 Å². The predicted molar refractivity (Wildman–Crippen MR) is 81.9 cm³/mol. The largest absolute Gasteiger partial charge is 0.497 e. The minimum atomic E-state index is -3.72. The van der Waals surface area contributed by atoms with Gasteiger partial charge in [-0.15, -0.1) is 4.36 Å². The maximum absolute atomic E-state index is 12.6. The van der Waals surface area contributed by atoms with Crippen molar-refractivity contribution in [2.75, 3.05) is 25.5 Å². The Bertz CT molecular complexity index is 627. The maximum atomic E-state index is 12.6. The molecular weight excluding hydrogens is 314 g/mol. The molecule has 21 heavy (non-hydrogen) atoms. The van der Waals surface area contributed by atoms with Crippen molar-refractivity contribution >= 4 is 34.2 Å². The van der Waals surface area contributed by atoms with Crippen LogP contribution in [0.15, 0.2) is 27.5 Å². The van der Waals surface area contributed by atoms with E-state index in [1.807, 2.05) is 0 Å². The lowest BCUT2D eigenvalue weighted by molar-refractivity contribution is 0.260. The summed E-state index contributed by atoms with van der Waals surface area (Å²) in [5.74, 6) is 0.410.